The number of fused-ring (bicyclic) bond motifs is 12. The average Bonchev–Trinajstić information content (AvgIpc) is 4.15. The topological polar surface area (TPSA) is 30.6 Å². The van der Waals surface area contributed by atoms with Crippen molar-refractivity contribution in [2.24, 2.45) is 0 Å². The number of halogens is 4. The minimum absolute atomic E-state index is 1.08. The molecule has 0 bridgehead atoms. The van der Waals surface area contributed by atoms with Crippen molar-refractivity contribution in [3.8, 4) is 17.1 Å². The van der Waals surface area contributed by atoms with Crippen molar-refractivity contribution >= 4 is 164 Å². The van der Waals surface area contributed by atoms with Gasteiger partial charge in [0.2, 0.25) is 0 Å². The molecule has 4 heterocycles. The highest BCUT2D eigenvalue weighted by molar-refractivity contribution is 14.1. The van der Waals surface area contributed by atoms with Crippen LogP contribution >= 0.6 is 77.0 Å². The highest BCUT2D eigenvalue weighted by Gasteiger charge is 2.17. The Bertz CT molecular complexity index is 4020. The van der Waals surface area contributed by atoms with Crippen molar-refractivity contribution in [2.45, 2.75) is 0 Å². The fourth-order valence-corrected chi connectivity index (χ4v) is 10.7. The Balaban J connectivity index is 0.000000128. The molecule has 10 aromatic carbocycles. The number of alkyl halides is 1. The van der Waals surface area contributed by atoms with Gasteiger partial charge in [-0.15, -0.1) is 0 Å². The van der Waals surface area contributed by atoms with Crippen LogP contribution in [0.15, 0.2) is 239 Å². The van der Waals surface area contributed by atoms with Crippen LogP contribution in [0.1, 0.15) is 0 Å². The van der Waals surface area contributed by atoms with Crippen molar-refractivity contribution in [2.75, 3.05) is 4.93 Å². The Morgan fingerprint density at radius 3 is 1.09 bits per heavy atom. The van der Waals surface area contributed by atoms with Gasteiger partial charge in [-0.1, -0.05) is 164 Å². The van der Waals surface area contributed by atoms with E-state index in [1.807, 2.05) is 17.1 Å². The van der Waals surface area contributed by atoms with E-state index in [9.17, 15) is 0 Å². The molecule has 0 aliphatic rings. The second kappa shape index (κ2) is 19.7. The summed E-state index contributed by atoms with van der Waals surface area (Å²) in [6.45, 7) is 0. The molecule has 4 aromatic heterocycles. The number of aromatic amines is 1. The monoisotopic (exact) mass is 1240 g/mol. The molecule has 0 aliphatic carbocycles. The second-order valence-corrected chi connectivity index (χ2v) is 19.7. The van der Waals surface area contributed by atoms with E-state index in [1.54, 1.807) is 0 Å². The van der Waals surface area contributed by atoms with Crippen molar-refractivity contribution < 1.29 is 0 Å². The van der Waals surface area contributed by atoms with Gasteiger partial charge in [0.1, 0.15) is 0 Å². The molecule has 0 aliphatic heterocycles. The molecule has 14 rings (SSSR count). The molecule has 14 aromatic rings. The summed E-state index contributed by atoms with van der Waals surface area (Å²) in [6.07, 6.45) is 0. The number of H-pyrrole nitrogens is 1. The van der Waals surface area contributed by atoms with Gasteiger partial charge < -0.3 is 18.7 Å². The van der Waals surface area contributed by atoms with E-state index in [1.165, 1.54) is 102 Å². The number of rotatable bonds is 3. The van der Waals surface area contributed by atoms with Gasteiger partial charge in [-0.3, -0.25) is 0 Å². The van der Waals surface area contributed by atoms with E-state index in [-0.39, 0.29) is 0 Å². The number of nitrogens with one attached hydrogen (secondary N) is 1. The molecular weight excluding hydrogens is 1200 g/mol. The number of para-hydroxylation sites is 6. The van der Waals surface area contributed by atoms with Gasteiger partial charge >= 0.3 is 0 Å². The Morgan fingerprint density at radius 1 is 0.304 bits per heavy atom. The SMILES string of the molecule is Brc1ccc(-n2c3ccccc3c3cc(-n4c5ccccc5c5ccccc54)ccc32)cc1.Brc1ccc(I)cc1.CI.c1ccc2c(c1)[nH]c1ccc(-n3c4ccccc4c4ccccc43)cc12. The zero-order valence-corrected chi connectivity index (χ0v) is 44.8. The van der Waals surface area contributed by atoms with E-state index in [2.05, 4.69) is 314 Å². The highest BCUT2D eigenvalue weighted by atomic mass is 127. The van der Waals surface area contributed by atoms with Crippen LogP contribution < -0.4 is 0 Å². The quantitative estimate of drug-likeness (QED) is 0.135. The predicted molar refractivity (Wildman–Crippen MR) is 320 cm³/mol. The normalized spacial score (nSPS) is 11.3. The maximum absolute atomic E-state index is 3.57. The van der Waals surface area contributed by atoms with Crippen molar-refractivity contribution in [3.63, 3.8) is 0 Å². The zero-order valence-electron chi connectivity index (χ0n) is 37.3. The smallest absolute Gasteiger partial charge is 0.0542 e. The molecule has 0 saturated carbocycles. The van der Waals surface area contributed by atoms with Crippen molar-refractivity contribution in [1.29, 1.82) is 0 Å². The van der Waals surface area contributed by atoms with Crippen LogP contribution in [0.5, 0.6) is 0 Å². The summed E-state index contributed by atoms with van der Waals surface area (Å²) in [4.78, 5) is 5.49. The van der Waals surface area contributed by atoms with E-state index >= 15 is 0 Å². The van der Waals surface area contributed by atoms with Crippen LogP contribution in [0.4, 0.5) is 0 Å². The minimum Gasteiger partial charge on any atom is -0.355 e. The molecule has 0 unspecified atom stereocenters. The van der Waals surface area contributed by atoms with Gasteiger partial charge in [-0.25, -0.2) is 0 Å². The van der Waals surface area contributed by atoms with E-state index in [0.717, 1.165) is 14.6 Å². The van der Waals surface area contributed by atoms with Crippen LogP contribution in [0.3, 0.4) is 0 Å². The third kappa shape index (κ3) is 8.45. The Labute approximate surface area is 443 Å². The number of hydrogen-bond donors (Lipinski definition) is 1. The fourth-order valence-electron chi connectivity index (χ4n) is 9.77. The van der Waals surface area contributed by atoms with Crippen LogP contribution in [-0.2, 0) is 0 Å². The summed E-state index contributed by atoms with van der Waals surface area (Å²) in [5.41, 5.74) is 13.3. The lowest BCUT2D eigenvalue weighted by molar-refractivity contribution is 1.16. The summed E-state index contributed by atoms with van der Waals surface area (Å²) >= 11 is 11.3. The van der Waals surface area contributed by atoms with E-state index in [4.69, 9.17) is 0 Å². The first-order valence-electron chi connectivity index (χ1n) is 22.5. The summed E-state index contributed by atoms with van der Waals surface area (Å²) in [5, 5.41) is 10.2. The number of nitrogens with zero attached hydrogens (tertiary/aromatic N) is 3. The standard InChI is InChI=1S/C30H19BrN2.C24H16N2.C6H4BrI.CH3I/c31-20-13-15-21(16-14-20)32-29-12-6-3-9-25(29)26-19-22(17-18-30(26)32)33-27-10-4-1-7-23(27)24-8-2-5-11-28(24)33;1-4-10-21-17(7-1)20-15-16(13-14-22(20)25-21)26-23-11-5-2-8-18(23)19-9-3-6-12-24(19)26;7-5-1-3-6(8)4-2-5;1-2/h1-19H;1-15,25H;1-4H;1H3. The molecule has 1 N–H and O–H groups in total. The van der Waals surface area contributed by atoms with Gasteiger partial charge in [0.05, 0.1) is 33.1 Å². The number of hydrogen-bond acceptors (Lipinski definition) is 0. The molecule has 0 spiro atoms. The molecular formula is C61H42Br2I2N4. The molecule has 0 saturated heterocycles. The molecule has 0 amide bonds. The molecule has 0 fully saturated rings. The largest absolute Gasteiger partial charge is 0.355 e. The van der Waals surface area contributed by atoms with E-state index in [0.29, 0.717) is 0 Å². The molecule has 69 heavy (non-hydrogen) atoms. The fraction of sp³-hybridized carbons (Fsp3) is 0.0164. The molecule has 8 heteroatoms. The molecule has 0 radical (unpaired) electrons. The van der Waals surface area contributed by atoms with Crippen molar-refractivity contribution in [3.05, 3.63) is 243 Å². The Morgan fingerprint density at radius 2 is 0.623 bits per heavy atom. The summed E-state index contributed by atoms with van der Waals surface area (Å²) in [7, 11) is 0. The molecule has 4 nitrogen and oxygen atoms in total. The number of aromatic nitrogens is 4. The van der Waals surface area contributed by atoms with Gasteiger partial charge in [0, 0.05) is 83.7 Å². The minimum atomic E-state index is 1.08. The van der Waals surface area contributed by atoms with Crippen LogP contribution in [-0.4, -0.2) is 23.6 Å². The lowest BCUT2D eigenvalue weighted by atomic mass is 10.1. The highest BCUT2D eigenvalue weighted by Crippen LogP contribution is 2.38. The maximum Gasteiger partial charge on any atom is 0.0542 e. The maximum atomic E-state index is 3.57. The number of benzene rings is 10. The van der Waals surface area contributed by atoms with E-state index < -0.39 is 0 Å². The zero-order chi connectivity index (χ0) is 47.0. The van der Waals surface area contributed by atoms with Crippen LogP contribution in [0.2, 0.25) is 0 Å². The molecule has 0 atom stereocenters. The van der Waals surface area contributed by atoms with Gasteiger partial charge in [-0.2, -0.15) is 0 Å². The summed E-state index contributed by atoms with van der Waals surface area (Å²) in [5.74, 6) is 0. The van der Waals surface area contributed by atoms with Crippen LogP contribution in [0.25, 0.3) is 104 Å². The van der Waals surface area contributed by atoms with Crippen LogP contribution in [0, 0.1) is 3.57 Å². The lowest BCUT2D eigenvalue weighted by Crippen LogP contribution is -1.95. The first kappa shape index (κ1) is 45.3. The van der Waals surface area contributed by atoms with Crippen molar-refractivity contribution in [1.82, 2.24) is 18.7 Å². The molecule has 334 valence electrons. The summed E-state index contributed by atoms with van der Waals surface area (Å²) in [6, 6.07) is 82.0. The average molecular weight is 1240 g/mol. The third-order valence-corrected chi connectivity index (χ3v) is 14.5. The summed E-state index contributed by atoms with van der Waals surface area (Å²) < 4.78 is 10.6. The first-order valence-corrected chi connectivity index (χ1v) is 27.4. The predicted octanol–water partition coefficient (Wildman–Crippen LogP) is 19.2. The third-order valence-electron chi connectivity index (χ3n) is 12.7. The Hall–Kier alpha value is -6.18. The lowest BCUT2D eigenvalue weighted by Gasteiger charge is -2.10. The van der Waals surface area contributed by atoms with Gasteiger partial charge in [-0.05, 0) is 149 Å². The second-order valence-electron chi connectivity index (χ2n) is 16.6. The Kier molecular flexibility index (Phi) is 12.9. The first-order chi connectivity index (χ1) is 34.0. The van der Waals surface area contributed by atoms with Gasteiger partial charge in [0.15, 0.2) is 0 Å². The van der Waals surface area contributed by atoms with Gasteiger partial charge in [0.25, 0.3) is 0 Å².